The van der Waals surface area contributed by atoms with Gasteiger partial charge >= 0.3 is 6.18 Å². The Hall–Kier alpha value is -2.87. The van der Waals surface area contributed by atoms with E-state index in [9.17, 15) is 18.0 Å². The molecule has 0 radical (unpaired) electrons. The van der Waals surface area contributed by atoms with Crippen LogP contribution in [0.25, 0.3) is 11.0 Å². The van der Waals surface area contributed by atoms with Gasteiger partial charge in [0.1, 0.15) is 18.0 Å². The van der Waals surface area contributed by atoms with E-state index in [-0.39, 0.29) is 10.9 Å². The molecule has 8 heteroatoms. The van der Waals surface area contributed by atoms with Gasteiger partial charge in [0.05, 0.1) is 5.56 Å². The molecule has 3 aromatic rings. The third-order valence-electron chi connectivity index (χ3n) is 4.18. The molecule has 1 aromatic carbocycles. The van der Waals surface area contributed by atoms with Crippen molar-refractivity contribution in [2.75, 3.05) is 19.7 Å². The van der Waals surface area contributed by atoms with Crippen molar-refractivity contribution in [2.24, 2.45) is 0 Å². The molecule has 0 bridgehead atoms. The number of carbonyl (C=O) groups is 1. The quantitative estimate of drug-likeness (QED) is 0.445. The minimum absolute atomic E-state index is 0.217. The summed E-state index contributed by atoms with van der Waals surface area (Å²) >= 11 is 0. The first kappa shape index (κ1) is 19.9. The molecule has 0 saturated heterocycles. The predicted octanol–water partition coefficient (Wildman–Crippen LogP) is 3.84. The van der Waals surface area contributed by atoms with Crippen LogP contribution < -0.4 is 10.1 Å². The number of fused-ring (bicyclic) bond motifs is 1. The average Bonchev–Trinajstić information content (AvgIpc) is 3.05. The first-order valence-corrected chi connectivity index (χ1v) is 8.91. The molecule has 148 valence electrons. The molecule has 0 aliphatic heterocycles. The van der Waals surface area contributed by atoms with Gasteiger partial charge in [-0.1, -0.05) is 18.2 Å². The number of pyridine rings is 1. The molecule has 0 fully saturated rings. The highest BCUT2D eigenvalue weighted by Gasteiger charge is 2.40. The largest absolute Gasteiger partial charge is 0.492 e. The van der Waals surface area contributed by atoms with Gasteiger partial charge in [0.15, 0.2) is 0 Å². The number of ketones is 1. The number of rotatable bonds is 9. The van der Waals surface area contributed by atoms with E-state index in [1.807, 2.05) is 30.3 Å². The van der Waals surface area contributed by atoms with Crippen LogP contribution in [0, 0.1) is 0 Å². The molecular formula is C20H20F3N3O2. The van der Waals surface area contributed by atoms with E-state index < -0.39 is 12.0 Å². The van der Waals surface area contributed by atoms with Crippen LogP contribution in [0.2, 0.25) is 0 Å². The number of aryl methyl sites for hydroxylation is 1. The van der Waals surface area contributed by atoms with Crippen molar-refractivity contribution in [1.29, 1.82) is 0 Å². The van der Waals surface area contributed by atoms with Crippen molar-refractivity contribution in [3.05, 3.63) is 60.4 Å². The monoisotopic (exact) mass is 391 g/mol. The Kier molecular flexibility index (Phi) is 6.30. The van der Waals surface area contributed by atoms with Crippen LogP contribution >= 0.6 is 0 Å². The predicted molar refractivity (Wildman–Crippen MR) is 99.5 cm³/mol. The fourth-order valence-electron chi connectivity index (χ4n) is 2.88. The van der Waals surface area contributed by atoms with Gasteiger partial charge < -0.3 is 14.6 Å². The van der Waals surface area contributed by atoms with Crippen molar-refractivity contribution in [1.82, 2.24) is 14.9 Å². The van der Waals surface area contributed by atoms with Crippen LogP contribution in [0.1, 0.15) is 16.8 Å². The van der Waals surface area contributed by atoms with Gasteiger partial charge in [-0.3, -0.25) is 4.79 Å². The second kappa shape index (κ2) is 8.88. The molecule has 3 rings (SSSR count). The molecule has 0 aliphatic rings. The van der Waals surface area contributed by atoms with Crippen molar-refractivity contribution >= 4 is 16.8 Å². The fraction of sp³-hybridized carbons (Fsp3) is 0.300. The Bertz CT molecular complexity index is 923. The van der Waals surface area contributed by atoms with E-state index in [1.54, 1.807) is 4.57 Å². The third-order valence-corrected chi connectivity index (χ3v) is 4.18. The molecule has 28 heavy (non-hydrogen) atoms. The summed E-state index contributed by atoms with van der Waals surface area (Å²) in [6.45, 7) is 2.28. The van der Waals surface area contributed by atoms with Gasteiger partial charge in [-0.2, -0.15) is 13.2 Å². The maximum Gasteiger partial charge on any atom is 0.454 e. The minimum atomic E-state index is -4.91. The highest BCUT2D eigenvalue weighted by Crippen LogP contribution is 2.27. The normalized spacial score (nSPS) is 11.7. The van der Waals surface area contributed by atoms with E-state index in [1.165, 1.54) is 24.5 Å². The highest BCUT2D eigenvalue weighted by molar-refractivity contribution is 6.10. The summed E-state index contributed by atoms with van der Waals surface area (Å²) in [5, 5.41) is 3.44. The lowest BCUT2D eigenvalue weighted by Crippen LogP contribution is -2.23. The summed E-state index contributed by atoms with van der Waals surface area (Å²) in [5.74, 6) is -1.04. The molecule has 0 spiro atoms. The summed E-state index contributed by atoms with van der Waals surface area (Å²) < 4.78 is 45.6. The van der Waals surface area contributed by atoms with Crippen LogP contribution in [0.3, 0.4) is 0 Å². The number of alkyl halides is 3. The second-order valence-corrected chi connectivity index (χ2v) is 6.20. The van der Waals surface area contributed by atoms with Crippen LogP contribution in [0.5, 0.6) is 5.75 Å². The van der Waals surface area contributed by atoms with E-state index in [0.29, 0.717) is 38.3 Å². The van der Waals surface area contributed by atoms with E-state index >= 15 is 0 Å². The molecule has 2 aromatic heterocycles. The number of aromatic nitrogens is 2. The van der Waals surface area contributed by atoms with Crippen molar-refractivity contribution < 1.29 is 22.7 Å². The fourth-order valence-corrected chi connectivity index (χ4v) is 2.88. The minimum Gasteiger partial charge on any atom is -0.492 e. The van der Waals surface area contributed by atoms with Crippen LogP contribution in [-0.4, -0.2) is 41.2 Å². The van der Waals surface area contributed by atoms with Crippen LogP contribution in [0.15, 0.2) is 54.9 Å². The molecular weight excluding hydrogens is 371 g/mol. The number of hydrogen-bond donors (Lipinski definition) is 1. The molecule has 2 heterocycles. The summed E-state index contributed by atoms with van der Waals surface area (Å²) in [7, 11) is 0. The molecule has 0 unspecified atom stereocenters. The molecule has 1 N–H and O–H groups in total. The number of nitrogens with zero attached hydrogens (tertiary/aromatic N) is 2. The van der Waals surface area contributed by atoms with Gasteiger partial charge in [-0.05, 0) is 37.2 Å². The highest BCUT2D eigenvalue weighted by atomic mass is 19.4. The number of carbonyl (C=O) groups excluding carboxylic acids is 1. The molecule has 0 saturated carbocycles. The van der Waals surface area contributed by atoms with Gasteiger partial charge in [-0.25, -0.2) is 4.98 Å². The average molecular weight is 391 g/mol. The number of para-hydroxylation sites is 1. The summed E-state index contributed by atoms with van der Waals surface area (Å²) in [6, 6.07) is 12.5. The van der Waals surface area contributed by atoms with Gasteiger partial charge in [0.25, 0.3) is 5.78 Å². The van der Waals surface area contributed by atoms with Crippen molar-refractivity contribution in [3.63, 3.8) is 0 Å². The first-order valence-electron chi connectivity index (χ1n) is 8.91. The van der Waals surface area contributed by atoms with Gasteiger partial charge in [-0.15, -0.1) is 0 Å². The molecule has 0 atom stereocenters. The maximum absolute atomic E-state index is 12.8. The summed E-state index contributed by atoms with van der Waals surface area (Å²) in [6.07, 6.45) is -1.49. The van der Waals surface area contributed by atoms with Crippen LogP contribution in [-0.2, 0) is 6.54 Å². The SMILES string of the molecule is O=C(c1cn(CCCNCCOc2ccccc2)c2ncccc12)C(F)(F)F. The number of halogens is 3. The van der Waals surface area contributed by atoms with Gasteiger partial charge in [0.2, 0.25) is 0 Å². The standard InChI is InChI=1S/C20H20F3N3O2/c21-20(22,23)18(27)17-14-26(19-16(17)8-4-10-25-19)12-5-9-24-11-13-28-15-6-2-1-3-7-15/h1-4,6-8,10,14,24H,5,9,11-13H2. The Morgan fingerprint density at radius 3 is 2.64 bits per heavy atom. The number of nitrogens with one attached hydrogen (secondary N) is 1. The smallest absolute Gasteiger partial charge is 0.454 e. The number of hydrogen-bond acceptors (Lipinski definition) is 4. The van der Waals surface area contributed by atoms with Crippen LogP contribution in [0.4, 0.5) is 13.2 Å². The zero-order chi connectivity index (χ0) is 20.0. The van der Waals surface area contributed by atoms with E-state index in [4.69, 9.17) is 4.74 Å². The Balaban J connectivity index is 1.51. The number of benzene rings is 1. The lowest BCUT2D eigenvalue weighted by molar-refractivity contribution is -0.0884. The zero-order valence-corrected chi connectivity index (χ0v) is 15.1. The first-order chi connectivity index (χ1) is 13.5. The number of Topliss-reactive ketones (excluding diaryl/α,β-unsaturated/α-hetero) is 1. The zero-order valence-electron chi connectivity index (χ0n) is 15.1. The third kappa shape index (κ3) is 4.89. The lowest BCUT2D eigenvalue weighted by Gasteiger charge is -2.08. The maximum atomic E-state index is 12.8. The van der Waals surface area contributed by atoms with E-state index in [0.717, 1.165) is 5.75 Å². The molecule has 0 aliphatic carbocycles. The van der Waals surface area contributed by atoms with Crippen molar-refractivity contribution in [2.45, 2.75) is 19.1 Å². The Morgan fingerprint density at radius 2 is 1.89 bits per heavy atom. The molecule has 5 nitrogen and oxygen atoms in total. The van der Waals surface area contributed by atoms with E-state index in [2.05, 4.69) is 10.3 Å². The van der Waals surface area contributed by atoms with Crippen molar-refractivity contribution in [3.8, 4) is 5.75 Å². The summed E-state index contributed by atoms with van der Waals surface area (Å²) in [5.41, 5.74) is 0.0160. The Morgan fingerprint density at radius 1 is 1.11 bits per heavy atom. The molecule has 0 amide bonds. The summed E-state index contributed by atoms with van der Waals surface area (Å²) in [4.78, 5) is 15.8. The number of ether oxygens (including phenoxy) is 1. The lowest BCUT2D eigenvalue weighted by atomic mass is 10.1. The topological polar surface area (TPSA) is 56.2 Å². The van der Waals surface area contributed by atoms with Gasteiger partial charge in [0, 0.05) is 30.9 Å². The second-order valence-electron chi connectivity index (χ2n) is 6.20. The Labute approximate surface area is 160 Å².